The maximum absolute atomic E-state index is 12.8. The van der Waals surface area contributed by atoms with E-state index < -0.39 is 11.3 Å². The zero-order valence-corrected chi connectivity index (χ0v) is 16.0. The van der Waals surface area contributed by atoms with E-state index in [0.717, 1.165) is 5.56 Å². The van der Waals surface area contributed by atoms with E-state index in [1.165, 1.54) is 11.3 Å². The number of hydrogen-bond acceptors (Lipinski definition) is 5. The molecule has 0 aliphatic heterocycles. The summed E-state index contributed by atoms with van der Waals surface area (Å²) < 4.78 is 4.94. The van der Waals surface area contributed by atoms with E-state index in [4.69, 9.17) is 16.3 Å². The minimum absolute atomic E-state index is 0.0487. The molecule has 2 aromatic rings. The first-order valence-electron chi connectivity index (χ1n) is 8.05. The molecular formula is C18H21ClN2O3S. The topological polar surface area (TPSA) is 59.5 Å². The van der Waals surface area contributed by atoms with Gasteiger partial charge in [0.15, 0.2) is 5.69 Å². The monoisotopic (exact) mass is 380 g/mol. The summed E-state index contributed by atoms with van der Waals surface area (Å²) in [5, 5.41) is 1.56. The van der Waals surface area contributed by atoms with E-state index in [-0.39, 0.29) is 17.6 Å². The van der Waals surface area contributed by atoms with E-state index >= 15 is 0 Å². The van der Waals surface area contributed by atoms with Crippen LogP contribution in [0.5, 0.6) is 0 Å². The van der Waals surface area contributed by atoms with Crippen molar-refractivity contribution < 1.29 is 14.3 Å². The summed E-state index contributed by atoms with van der Waals surface area (Å²) in [4.78, 5) is 30.5. The number of aromatic nitrogens is 1. The van der Waals surface area contributed by atoms with Crippen LogP contribution in [-0.2, 0) is 16.1 Å². The van der Waals surface area contributed by atoms with Crippen LogP contribution in [0.3, 0.4) is 0 Å². The number of thiazole rings is 1. The van der Waals surface area contributed by atoms with E-state index in [1.807, 2.05) is 44.2 Å². The van der Waals surface area contributed by atoms with Gasteiger partial charge in [-0.2, -0.15) is 0 Å². The van der Waals surface area contributed by atoms with Gasteiger partial charge >= 0.3 is 5.97 Å². The molecule has 0 aliphatic rings. The van der Waals surface area contributed by atoms with Crippen LogP contribution in [0.2, 0.25) is 0 Å². The zero-order valence-electron chi connectivity index (χ0n) is 14.4. The van der Waals surface area contributed by atoms with Gasteiger partial charge in [0, 0.05) is 11.4 Å². The van der Waals surface area contributed by atoms with Crippen molar-refractivity contribution in [3.63, 3.8) is 0 Å². The highest BCUT2D eigenvalue weighted by Crippen LogP contribution is 2.25. The molecule has 25 heavy (non-hydrogen) atoms. The first kappa shape index (κ1) is 19.4. The summed E-state index contributed by atoms with van der Waals surface area (Å²) in [7, 11) is 0. The number of amides is 1. The average molecular weight is 381 g/mol. The van der Waals surface area contributed by atoms with Crippen molar-refractivity contribution in [2.24, 2.45) is 0 Å². The van der Waals surface area contributed by atoms with Crippen molar-refractivity contribution in [2.75, 3.05) is 6.61 Å². The Balaban J connectivity index is 2.13. The van der Waals surface area contributed by atoms with Crippen molar-refractivity contribution in [2.45, 2.75) is 38.7 Å². The summed E-state index contributed by atoms with van der Waals surface area (Å²) in [5.74, 6) is -0.636. The van der Waals surface area contributed by atoms with E-state index in [9.17, 15) is 9.59 Å². The number of carbonyl (C=O) groups excluding carboxylic acids is 2. The fraction of sp³-hybridized carbons (Fsp3) is 0.389. The van der Waals surface area contributed by atoms with Gasteiger partial charge in [-0.1, -0.05) is 30.3 Å². The van der Waals surface area contributed by atoms with Gasteiger partial charge in [0.05, 0.1) is 13.2 Å². The molecule has 5 nitrogen and oxygen atoms in total. The van der Waals surface area contributed by atoms with Gasteiger partial charge in [-0.15, -0.1) is 22.9 Å². The Labute approximate surface area is 156 Å². The van der Waals surface area contributed by atoms with Gasteiger partial charge in [0.2, 0.25) is 5.91 Å². The van der Waals surface area contributed by atoms with Gasteiger partial charge in [-0.05, 0) is 26.3 Å². The molecule has 0 spiro atoms. The second-order valence-electron chi connectivity index (χ2n) is 5.68. The second-order valence-corrected chi connectivity index (χ2v) is 7.06. The van der Waals surface area contributed by atoms with Crippen LogP contribution < -0.4 is 0 Å². The van der Waals surface area contributed by atoms with E-state index in [0.29, 0.717) is 18.2 Å². The lowest BCUT2D eigenvalue weighted by Crippen LogP contribution is -2.38. The highest BCUT2D eigenvalue weighted by Gasteiger charge is 2.27. The normalized spacial score (nSPS) is 12.0. The molecule has 0 aliphatic carbocycles. The minimum atomic E-state index is -0.756. The predicted molar refractivity (Wildman–Crippen MR) is 98.8 cm³/mol. The van der Waals surface area contributed by atoms with E-state index in [2.05, 4.69) is 4.98 Å². The number of carbonyl (C=O) groups is 2. The van der Waals surface area contributed by atoms with Crippen LogP contribution in [0.1, 0.15) is 47.2 Å². The fourth-order valence-corrected chi connectivity index (χ4v) is 3.29. The first-order chi connectivity index (χ1) is 11.9. The molecule has 1 aromatic heterocycles. The van der Waals surface area contributed by atoms with Crippen molar-refractivity contribution >= 4 is 34.8 Å². The molecule has 2 rings (SSSR count). The SMILES string of the molecule is CCOC(=O)c1csc(CN(C(=O)[C@@H](Cl)c2ccccc2)C(C)C)n1. The number of benzene rings is 1. The molecule has 0 N–H and O–H groups in total. The van der Waals surface area contributed by atoms with Gasteiger partial charge in [0.1, 0.15) is 10.4 Å². The second kappa shape index (κ2) is 8.97. The van der Waals surface area contributed by atoms with E-state index in [1.54, 1.807) is 17.2 Å². The smallest absolute Gasteiger partial charge is 0.357 e. The molecular weight excluding hydrogens is 360 g/mol. The van der Waals surface area contributed by atoms with Crippen LogP contribution >= 0.6 is 22.9 Å². The molecule has 0 fully saturated rings. The Bertz CT molecular complexity index is 718. The van der Waals surface area contributed by atoms with Crippen LogP contribution in [0, 0.1) is 0 Å². The number of alkyl halides is 1. The molecule has 1 amide bonds. The molecule has 0 radical (unpaired) electrons. The third kappa shape index (κ3) is 5.03. The number of rotatable bonds is 7. The van der Waals surface area contributed by atoms with Crippen molar-refractivity contribution in [1.82, 2.24) is 9.88 Å². The molecule has 1 atom stereocenters. The lowest BCUT2D eigenvalue weighted by atomic mass is 10.1. The Kier molecular flexibility index (Phi) is 6.96. The molecule has 0 bridgehead atoms. The van der Waals surface area contributed by atoms with Gasteiger partial charge < -0.3 is 9.64 Å². The summed E-state index contributed by atoms with van der Waals surface area (Å²) in [6.07, 6.45) is 0. The van der Waals surface area contributed by atoms with Crippen LogP contribution in [0.25, 0.3) is 0 Å². The summed E-state index contributed by atoms with van der Waals surface area (Å²) >= 11 is 7.70. The van der Waals surface area contributed by atoms with Gasteiger partial charge in [0.25, 0.3) is 0 Å². The van der Waals surface area contributed by atoms with Crippen LogP contribution in [0.4, 0.5) is 0 Å². The molecule has 0 unspecified atom stereocenters. The molecule has 0 saturated heterocycles. The van der Waals surface area contributed by atoms with Crippen molar-refractivity contribution in [3.8, 4) is 0 Å². The fourth-order valence-electron chi connectivity index (χ4n) is 2.25. The number of ether oxygens (including phenoxy) is 1. The molecule has 1 heterocycles. The number of hydrogen-bond donors (Lipinski definition) is 0. The number of esters is 1. The third-order valence-electron chi connectivity index (χ3n) is 3.56. The Morgan fingerprint density at radius 3 is 2.56 bits per heavy atom. The summed E-state index contributed by atoms with van der Waals surface area (Å²) in [6.45, 7) is 6.19. The molecule has 7 heteroatoms. The lowest BCUT2D eigenvalue weighted by Gasteiger charge is -2.28. The summed E-state index contributed by atoms with van der Waals surface area (Å²) in [6, 6.07) is 9.19. The van der Waals surface area contributed by atoms with Crippen LogP contribution in [0.15, 0.2) is 35.7 Å². The standard InChI is InChI=1S/C18H21ClN2O3S/c1-4-24-18(23)14-11-25-15(20-14)10-21(12(2)3)17(22)16(19)13-8-6-5-7-9-13/h5-9,11-12,16H,4,10H2,1-3H3/t16-/m0/s1. The number of halogens is 1. The average Bonchev–Trinajstić information content (AvgIpc) is 3.08. The van der Waals surface area contributed by atoms with Gasteiger partial charge in [-0.3, -0.25) is 4.79 Å². The zero-order chi connectivity index (χ0) is 18.4. The lowest BCUT2D eigenvalue weighted by molar-refractivity contribution is -0.133. The minimum Gasteiger partial charge on any atom is -0.461 e. The van der Waals surface area contributed by atoms with Crippen molar-refractivity contribution in [1.29, 1.82) is 0 Å². The molecule has 1 aromatic carbocycles. The highest BCUT2D eigenvalue weighted by atomic mass is 35.5. The largest absolute Gasteiger partial charge is 0.461 e. The maximum Gasteiger partial charge on any atom is 0.357 e. The highest BCUT2D eigenvalue weighted by molar-refractivity contribution is 7.09. The maximum atomic E-state index is 12.8. The van der Waals surface area contributed by atoms with Gasteiger partial charge in [-0.25, -0.2) is 9.78 Å². The van der Waals surface area contributed by atoms with Crippen LogP contribution in [-0.4, -0.2) is 34.4 Å². The predicted octanol–water partition coefficient (Wildman–Crippen LogP) is 4.04. The summed E-state index contributed by atoms with van der Waals surface area (Å²) in [5.41, 5.74) is 1.02. The van der Waals surface area contributed by atoms with Crippen molar-refractivity contribution in [3.05, 3.63) is 52.0 Å². The quantitative estimate of drug-likeness (QED) is 0.537. The third-order valence-corrected chi connectivity index (χ3v) is 4.83. The number of nitrogens with zero attached hydrogens (tertiary/aromatic N) is 2. The Hall–Kier alpha value is -1.92. The Morgan fingerprint density at radius 1 is 1.28 bits per heavy atom. The first-order valence-corrected chi connectivity index (χ1v) is 9.36. The molecule has 0 saturated carbocycles. The Morgan fingerprint density at radius 2 is 1.96 bits per heavy atom. The molecule has 134 valence electrons.